The van der Waals surface area contributed by atoms with Crippen molar-refractivity contribution >= 4 is 34.1 Å². The molecule has 24 heavy (non-hydrogen) atoms. The fraction of sp³-hybridized carbons (Fsp3) is 0.167. The first kappa shape index (κ1) is 16.0. The van der Waals surface area contributed by atoms with Crippen molar-refractivity contribution in [2.75, 3.05) is 18.5 Å². The summed E-state index contributed by atoms with van der Waals surface area (Å²) in [5.74, 6) is -0.443. The smallest absolute Gasteiger partial charge is 0.365 e. The van der Waals surface area contributed by atoms with Crippen molar-refractivity contribution < 1.29 is 9.63 Å². The number of anilines is 1. The standard InChI is InChI=1S/C18H15N3O2S/c1-21(11-5-10-19)16-9-8-14(24-16)12-15-17(20-23-18(15)22)13-6-3-2-4-7-13/h2-4,6-9,12H,5,11H2,1H3/b15-12-. The minimum absolute atomic E-state index is 0.443. The third-order valence-electron chi connectivity index (χ3n) is 3.58. The highest BCUT2D eigenvalue weighted by Gasteiger charge is 2.26. The zero-order valence-electron chi connectivity index (χ0n) is 13.1. The van der Waals surface area contributed by atoms with E-state index in [9.17, 15) is 4.79 Å². The van der Waals surface area contributed by atoms with E-state index >= 15 is 0 Å². The zero-order valence-corrected chi connectivity index (χ0v) is 13.9. The van der Waals surface area contributed by atoms with Gasteiger partial charge in [-0.15, -0.1) is 11.3 Å². The minimum atomic E-state index is -0.443. The number of benzene rings is 1. The van der Waals surface area contributed by atoms with Crippen LogP contribution in [-0.2, 0) is 9.63 Å². The van der Waals surface area contributed by atoms with Crippen molar-refractivity contribution in [2.24, 2.45) is 5.16 Å². The van der Waals surface area contributed by atoms with E-state index in [4.69, 9.17) is 10.1 Å². The summed E-state index contributed by atoms with van der Waals surface area (Å²) in [7, 11) is 1.95. The monoisotopic (exact) mass is 337 g/mol. The second kappa shape index (κ2) is 7.11. The number of nitrogens with zero attached hydrogens (tertiary/aromatic N) is 3. The molecular formula is C18H15N3O2S. The summed E-state index contributed by atoms with van der Waals surface area (Å²) in [6.45, 7) is 0.672. The van der Waals surface area contributed by atoms with E-state index in [0.29, 0.717) is 24.3 Å². The molecule has 120 valence electrons. The van der Waals surface area contributed by atoms with Crippen LogP contribution in [-0.4, -0.2) is 25.3 Å². The molecule has 5 nitrogen and oxygen atoms in total. The molecule has 0 spiro atoms. The molecule has 0 saturated carbocycles. The van der Waals surface area contributed by atoms with Gasteiger partial charge in [-0.2, -0.15) is 5.26 Å². The van der Waals surface area contributed by atoms with Crippen LogP contribution in [0.4, 0.5) is 5.00 Å². The average Bonchev–Trinajstić information content (AvgIpc) is 3.22. The fourth-order valence-electron chi connectivity index (χ4n) is 2.31. The van der Waals surface area contributed by atoms with Crippen LogP contribution in [0.3, 0.4) is 0 Å². The Balaban J connectivity index is 1.85. The Kier molecular flexibility index (Phi) is 4.73. The van der Waals surface area contributed by atoms with Gasteiger partial charge in [-0.25, -0.2) is 4.79 Å². The number of carbonyl (C=O) groups is 1. The first-order valence-corrected chi connectivity index (χ1v) is 8.25. The van der Waals surface area contributed by atoms with Gasteiger partial charge in [0.05, 0.1) is 23.1 Å². The molecule has 0 radical (unpaired) electrons. The third kappa shape index (κ3) is 3.36. The van der Waals surface area contributed by atoms with Crippen LogP contribution in [0.1, 0.15) is 16.9 Å². The van der Waals surface area contributed by atoms with Gasteiger partial charge in [0.15, 0.2) is 0 Å². The molecule has 0 bridgehead atoms. The quantitative estimate of drug-likeness (QED) is 0.619. The predicted molar refractivity (Wildman–Crippen MR) is 94.9 cm³/mol. The molecule has 0 unspecified atom stereocenters. The van der Waals surface area contributed by atoms with Gasteiger partial charge in [-0.3, -0.25) is 0 Å². The maximum atomic E-state index is 12.0. The molecule has 2 aromatic rings. The van der Waals surface area contributed by atoms with Crippen LogP contribution >= 0.6 is 11.3 Å². The predicted octanol–water partition coefficient (Wildman–Crippen LogP) is 3.44. The van der Waals surface area contributed by atoms with E-state index in [1.165, 1.54) is 0 Å². The summed E-state index contributed by atoms with van der Waals surface area (Å²) < 4.78 is 0. The largest absolute Gasteiger partial charge is 0.368 e. The molecule has 0 atom stereocenters. The van der Waals surface area contributed by atoms with Gasteiger partial charge in [0.2, 0.25) is 0 Å². The number of oxime groups is 1. The van der Waals surface area contributed by atoms with Gasteiger partial charge in [-0.1, -0.05) is 35.5 Å². The summed E-state index contributed by atoms with van der Waals surface area (Å²) in [6.07, 6.45) is 2.27. The summed E-state index contributed by atoms with van der Waals surface area (Å²) >= 11 is 1.55. The molecule has 6 heteroatoms. The Morgan fingerprint density at radius 2 is 2.08 bits per heavy atom. The highest BCUT2D eigenvalue weighted by atomic mass is 32.1. The lowest BCUT2D eigenvalue weighted by atomic mass is 10.0. The van der Waals surface area contributed by atoms with Crippen LogP contribution < -0.4 is 4.90 Å². The van der Waals surface area contributed by atoms with Crippen LogP contribution in [0.15, 0.2) is 53.2 Å². The SMILES string of the molecule is CN(CCC#N)c1ccc(/C=C2\C(=O)ON=C2c2ccccc2)s1. The van der Waals surface area contributed by atoms with Gasteiger partial charge in [0.25, 0.3) is 0 Å². The number of hydrogen-bond acceptors (Lipinski definition) is 6. The van der Waals surface area contributed by atoms with Gasteiger partial charge in [-0.05, 0) is 18.2 Å². The molecule has 1 aliphatic heterocycles. The Morgan fingerprint density at radius 1 is 1.29 bits per heavy atom. The molecule has 3 rings (SSSR count). The average molecular weight is 337 g/mol. The van der Waals surface area contributed by atoms with E-state index in [-0.39, 0.29) is 0 Å². The Labute approximate surface area is 144 Å². The molecule has 2 heterocycles. The molecular weight excluding hydrogens is 322 g/mol. The first-order chi connectivity index (χ1) is 11.7. The van der Waals surface area contributed by atoms with Gasteiger partial charge in [0.1, 0.15) is 5.71 Å². The minimum Gasteiger partial charge on any atom is -0.365 e. The van der Waals surface area contributed by atoms with Crippen molar-refractivity contribution in [3.63, 3.8) is 0 Å². The normalized spacial score (nSPS) is 15.1. The molecule has 1 aromatic heterocycles. The van der Waals surface area contributed by atoms with Crippen molar-refractivity contribution in [3.8, 4) is 6.07 Å². The molecule has 1 aliphatic rings. The fourth-order valence-corrected chi connectivity index (χ4v) is 3.25. The molecule has 0 saturated heterocycles. The summed E-state index contributed by atoms with van der Waals surface area (Å²) in [6, 6.07) is 15.6. The lowest BCUT2D eigenvalue weighted by Crippen LogP contribution is -2.16. The summed E-state index contributed by atoms with van der Waals surface area (Å²) in [5, 5.41) is 13.6. The summed E-state index contributed by atoms with van der Waals surface area (Å²) in [5.41, 5.74) is 1.85. The van der Waals surface area contributed by atoms with Crippen molar-refractivity contribution in [1.82, 2.24) is 0 Å². The van der Waals surface area contributed by atoms with Crippen molar-refractivity contribution in [2.45, 2.75) is 6.42 Å². The zero-order chi connectivity index (χ0) is 16.9. The van der Waals surface area contributed by atoms with E-state index in [1.807, 2.05) is 54.4 Å². The Hall–Kier alpha value is -2.91. The van der Waals surface area contributed by atoms with Gasteiger partial charge >= 0.3 is 5.97 Å². The molecule has 1 aromatic carbocycles. The summed E-state index contributed by atoms with van der Waals surface area (Å²) in [4.78, 5) is 19.8. The van der Waals surface area contributed by atoms with E-state index in [0.717, 1.165) is 15.4 Å². The third-order valence-corrected chi connectivity index (χ3v) is 4.72. The molecule has 0 amide bonds. The maximum Gasteiger partial charge on any atom is 0.368 e. The van der Waals surface area contributed by atoms with E-state index < -0.39 is 5.97 Å². The second-order valence-corrected chi connectivity index (χ2v) is 6.34. The molecule has 0 N–H and O–H groups in total. The first-order valence-electron chi connectivity index (χ1n) is 7.44. The van der Waals surface area contributed by atoms with E-state index in [1.54, 1.807) is 17.4 Å². The van der Waals surface area contributed by atoms with Crippen LogP contribution in [0.25, 0.3) is 6.08 Å². The van der Waals surface area contributed by atoms with Crippen LogP contribution in [0.5, 0.6) is 0 Å². The lowest BCUT2D eigenvalue weighted by Gasteiger charge is -2.14. The van der Waals surface area contributed by atoms with Crippen LogP contribution in [0, 0.1) is 11.3 Å². The van der Waals surface area contributed by atoms with Crippen molar-refractivity contribution in [1.29, 1.82) is 5.26 Å². The number of nitriles is 1. The number of thiophene rings is 1. The second-order valence-electron chi connectivity index (χ2n) is 5.25. The molecule has 0 fully saturated rings. The topological polar surface area (TPSA) is 65.7 Å². The van der Waals surface area contributed by atoms with E-state index in [2.05, 4.69) is 11.2 Å². The number of hydrogen-bond donors (Lipinski definition) is 0. The number of rotatable bonds is 5. The highest BCUT2D eigenvalue weighted by Crippen LogP contribution is 2.29. The highest BCUT2D eigenvalue weighted by molar-refractivity contribution is 7.17. The van der Waals surface area contributed by atoms with Crippen LogP contribution in [0.2, 0.25) is 0 Å². The Bertz CT molecular complexity index is 847. The maximum absolute atomic E-state index is 12.0. The Morgan fingerprint density at radius 3 is 2.83 bits per heavy atom. The molecule has 0 aliphatic carbocycles. The lowest BCUT2D eigenvalue weighted by molar-refractivity contribution is -0.136. The number of carbonyl (C=O) groups excluding carboxylic acids is 1. The van der Waals surface area contributed by atoms with Gasteiger partial charge in [0, 0.05) is 24.0 Å². The van der Waals surface area contributed by atoms with Gasteiger partial charge < -0.3 is 9.74 Å². The van der Waals surface area contributed by atoms with Crippen molar-refractivity contribution in [3.05, 3.63) is 58.5 Å².